The molecule has 0 saturated carbocycles. The molecule has 4 aromatic carbocycles. The summed E-state index contributed by atoms with van der Waals surface area (Å²) in [6.45, 7) is 0. The normalized spacial score (nSPS) is 18.9. The Bertz CT molecular complexity index is 3460. The lowest BCUT2D eigenvalue weighted by atomic mass is 9.79. The quantitative estimate of drug-likeness (QED) is 0.120. The molecule has 326 valence electrons. The van der Waals surface area contributed by atoms with Crippen LogP contribution in [0.1, 0.15) is 85.1 Å². The molecule has 0 bridgehead atoms. The van der Waals surface area contributed by atoms with E-state index < -0.39 is 10.8 Å². The highest BCUT2D eigenvalue weighted by molar-refractivity contribution is 6.07. The zero-order valence-electron chi connectivity index (χ0n) is 36.2. The molecule has 13 rings (SSSR count). The number of H-pyrrole nitrogens is 1. The highest BCUT2D eigenvalue weighted by atomic mass is 16.2. The number of pyridine rings is 3. The number of anilines is 3. The first-order chi connectivity index (χ1) is 32.6. The van der Waals surface area contributed by atoms with Gasteiger partial charge in [-0.25, -0.2) is 19.9 Å². The minimum atomic E-state index is -0.642. The molecule has 13 heteroatoms. The number of nitriles is 1. The lowest BCUT2D eigenvalue weighted by molar-refractivity contribution is -0.121. The fourth-order valence-corrected chi connectivity index (χ4v) is 11.1. The second-order valence-electron chi connectivity index (χ2n) is 18.4. The van der Waals surface area contributed by atoms with Gasteiger partial charge in [0.1, 0.15) is 23.2 Å². The van der Waals surface area contributed by atoms with Crippen LogP contribution in [0.4, 0.5) is 17.3 Å². The SMILES string of the molecule is N#Cc1cccc(CCc2nc3cc4c(cc3[nH]2)CC2(C4)C(=O)Nc3ncccc32)c1.O=C1CC(CC(=O)c2ccc3cc4c(cc3n2)CC2(C4)C(=O)Nc3ncccc32)c2ccccc2N1. The number of Topliss-reactive ketones (excluding diaryl/α,β-unsaturated/α-hetero) is 1. The second-order valence-corrected chi connectivity index (χ2v) is 18.4. The van der Waals surface area contributed by atoms with E-state index in [1.54, 1.807) is 18.5 Å². The van der Waals surface area contributed by atoms with E-state index in [4.69, 9.17) is 15.2 Å². The van der Waals surface area contributed by atoms with Crippen molar-refractivity contribution < 1.29 is 19.2 Å². The van der Waals surface area contributed by atoms with Crippen molar-refractivity contribution in [2.75, 3.05) is 16.0 Å². The monoisotopic (exact) mass is 879 g/mol. The third-order valence-electron chi connectivity index (χ3n) is 14.3. The summed E-state index contributed by atoms with van der Waals surface area (Å²) in [4.78, 5) is 72.9. The molecular weight excluding hydrogens is 839 g/mol. The maximum absolute atomic E-state index is 13.2. The van der Waals surface area contributed by atoms with Crippen molar-refractivity contribution in [3.05, 3.63) is 183 Å². The molecule has 5 aliphatic rings. The van der Waals surface area contributed by atoms with Crippen molar-refractivity contribution in [2.45, 2.75) is 68.1 Å². The van der Waals surface area contributed by atoms with Crippen LogP contribution in [-0.2, 0) is 63.7 Å². The number of nitrogens with zero attached hydrogens (tertiary/aromatic N) is 5. The van der Waals surface area contributed by atoms with E-state index in [0.29, 0.717) is 48.6 Å². The summed E-state index contributed by atoms with van der Waals surface area (Å²) in [7, 11) is 0. The molecule has 2 aliphatic carbocycles. The standard InChI is InChI=1S/C29H22N4O3.C25H19N5O/c34-25(12-17-13-26(35)32-22-6-2-1-4-20(17)22)23-8-7-16-10-18-14-29(15-19(18)11-24(16)31-23)21-5-3-9-30-27(21)33-28(29)36;26-14-16-4-1-3-15(9-16)6-7-22-28-20-10-17-12-25(13-18(17)11-21(20)29-22)19-5-2-8-27-23(19)30-24(25)31/h1-11,17H,12-15H2,(H,32,35)(H,30,33,36);1-5,8-11H,6-7,12-13H2,(H,28,29)(H,27,30,31). The van der Waals surface area contributed by atoms with Crippen LogP contribution in [0.15, 0.2) is 122 Å². The van der Waals surface area contributed by atoms with Crippen LogP contribution in [0.5, 0.6) is 0 Å². The number of benzene rings is 4. The van der Waals surface area contributed by atoms with Gasteiger partial charge in [0.15, 0.2) is 5.78 Å². The zero-order valence-corrected chi connectivity index (χ0v) is 36.2. The Labute approximate surface area is 384 Å². The Balaban J connectivity index is 0.000000141. The average Bonchev–Trinajstić information content (AvgIpc) is 4.14. The molecule has 8 aromatic rings. The fraction of sp³-hybridized carbons (Fsp3) is 0.204. The predicted octanol–water partition coefficient (Wildman–Crippen LogP) is 7.92. The summed E-state index contributed by atoms with van der Waals surface area (Å²) in [6, 6.07) is 37.3. The van der Waals surface area contributed by atoms with Gasteiger partial charge in [-0.05, 0) is 126 Å². The Morgan fingerprint density at radius 2 is 1.34 bits per heavy atom. The van der Waals surface area contributed by atoms with E-state index >= 15 is 0 Å². The number of hydrogen-bond acceptors (Lipinski definition) is 9. The minimum absolute atomic E-state index is 0.0166. The molecule has 3 aliphatic heterocycles. The van der Waals surface area contributed by atoms with Crippen LogP contribution in [-0.4, -0.2) is 48.4 Å². The lowest BCUT2D eigenvalue weighted by Crippen LogP contribution is -2.35. The van der Waals surface area contributed by atoms with Gasteiger partial charge in [-0.3, -0.25) is 19.2 Å². The Kier molecular flexibility index (Phi) is 9.22. The number of rotatable bonds is 6. The molecule has 4 aromatic heterocycles. The van der Waals surface area contributed by atoms with E-state index in [9.17, 15) is 19.2 Å². The number of aromatic amines is 1. The van der Waals surface area contributed by atoms with Crippen LogP contribution >= 0.6 is 0 Å². The van der Waals surface area contributed by atoms with Gasteiger partial charge in [0.2, 0.25) is 17.7 Å². The number of fused-ring (bicyclic) bond motifs is 9. The number of carbonyl (C=O) groups is 4. The Morgan fingerprint density at radius 3 is 2.06 bits per heavy atom. The maximum Gasteiger partial charge on any atom is 0.237 e. The van der Waals surface area contributed by atoms with E-state index in [0.717, 1.165) is 79.7 Å². The summed E-state index contributed by atoms with van der Waals surface area (Å²) in [5.41, 5.74) is 11.9. The zero-order chi connectivity index (χ0) is 45.4. The van der Waals surface area contributed by atoms with E-state index in [2.05, 4.69) is 55.2 Å². The number of aryl methyl sites for hydroxylation is 2. The number of hydrogen-bond donors (Lipinski definition) is 4. The third kappa shape index (κ3) is 6.74. The van der Waals surface area contributed by atoms with Gasteiger partial charge in [-0.2, -0.15) is 5.26 Å². The number of imidazole rings is 1. The summed E-state index contributed by atoms with van der Waals surface area (Å²) in [5, 5.41) is 18.8. The van der Waals surface area contributed by atoms with E-state index in [1.165, 1.54) is 11.1 Å². The molecule has 2 spiro atoms. The van der Waals surface area contributed by atoms with Crippen LogP contribution in [0.2, 0.25) is 0 Å². The molecule has 3 unspecified atom stereocenters. The summed E-state index contributed by atoms with van der Waals surface area (Å²) in [5.74, 6) is 1.95. The van der Waals surface area contributed by atoms with Crippen molar-refractivity contribution in [2.24, 2.45) is 0 Å². The molecule has 3 atom stereocenters. The van der Waals surface area contributed by atoms with E-state index in [-0.39, 0.29) is 42.3 Å². The van der Waals surface area contributed by atoms with Crippen LogP contribution in [0, 0.1) is 11.3 Å². The van der Waals surface area contributed by atoms with Gasteiger partial charge < -0.3 is 20.9 Å². The molecule has 3 amide bonds. The molecule has 0 radical (unpaired) electrons. The van der Waals surface area contributed by atoms with Crippen molar-refractivity contribution in [1.29, 1.82) is 5.26 Å². The Hall–Kier alpha value is -8.37. The molecule has 0 saturated heterocycles. The number of para-hydroxylation sites is 1. The first-order valence-corrected chi connectivity index (χ1v) is 22.5. The van der Waals surface area contributed by atoms with Crippen molar-refractivity contribution in [1.82, 2.24) is 24.9 Å². The third-order valence-corrected chi connectivity index (χ3v) is 14.3. The van der Waals surface area contributed by atoms with Gasteiger partial charge >= 0.3 is 0 Å². The largest absolute Gasteiger partial charge is 0.342 e. The molecular formula is C54H41N9O4. The Morgan fingerprint density at radius 1 is 0.672 bits per heavy atom. The molecule has 7 heterocycles. The molecule has 4 N–H and O–H groups in total. The minimum Gasteiger partial charge on any atom is -0.342 e. The van der Waals surface area contributed by atoms with Gasteiger partial charge in [-0.1, -0.05) is 48.5 Å². The highest BCUT2D eigenvalue weighted by Gasteiger charge is 2.52. The van der Waals surface area contributed by atoms with Crippen LogP contribution in [0.3, 0.4) is 0 Å². The van der Waals surface area contributed by atoms with Gasteiger partial charge in [0.05, 0.1) is 39.0 Å². The summed E-state index contributed by atoms with van der Waals surface area (Å²) < 4.78 is 0. The number of carbonyl (C=O) groups excluding carboxylic acids is 4. The number of amides is 3. The first-order valence-electron chi connectivity index (χ1n) is 22.5. The fourth-order valence-electron chi connectivity index (χ4n) is 11.1. The van der Waals surface area contributed by atoms with Crippen LogP contribution in [0.25, 0.3) is 21.9 Å². The highest BCUT2D eigenvalue weighted by Crippen LogP contribution is 2.49. The maximum atomic E-state index is 13.2. The van der Waals surface area contributed by atoms with Crippen molar-refractivity contribution in [3.63, 3.8) is 0 Å². The second kappa shape index (κ2) is 15.4. The lowest BCUT2D eigenvalue weighted by Gasteiger charge is -2.24. The van der Waals surface area contributed by atoms with Gasteiger partial charge in [-0.15, -0.1) is 0 Å². The van der Waals surface area contributed by atoms with E-state index in [1.807, 2.05) is 84.9 Å². The molecule has 67 heavy (non-hydrogen) atoms. The number of ketones is 1. The smallest absolute Gasteiger partial charge is 0.237 e. The topological polar surface area (TPSA) is 196 Å². The van der Waals surface area contributed by atoms with Gasteiger partial charge in [0.25, 0.3) is 0 Å². The van der Waals surface area contributed by atoms with Gasteiger partial charge in [0, 0.05) is 59.8 Å². The average molecular weight is 880 g/mol. The number of aromatic nitrogens is 5. The number of nitrogens with one attached hydrogen (secondary N) is 4. The first kappa shape index (κ1) is 40.2. The summed E-state index contributed by atoms with van der Waals surface area (Å²) in [6.07, 6.45) is 8.06. The van der Waals surface area contributed by atoms with Crippen LogP contribution < -0.4 is 16.0 Å². The molecule has 13 nitrogen and oxygen atoms in total. The summed E-state index contributed by atoms with van der Waals surface area (Å²) >= 11 is 0. The van der Waals surface area contributed by atoms with Crippen molar-refractivity contribution >= 4 is 62.8 Å². The predicted molar refractivity (Wildman–Crippen MR) is 252 cm³/mol. The molecule has 0 fully saturated rings. The van der Waals surface area contributed by atoms with Crippen molar-refractivity contribution in [3.8, 4) is 6.07 Å².